The highest BCUT2D eigenvalue weighted by molar-refractivity contribution is 9.10. The van der Waals surface area contributed by atoms with Gasteiger partial charge in [0.1, 0.15) is 5.82 Å². The van der Waals surface area contributed by atoms with Crippen LogP contribution in [0, 0.1) is 0 Å². The van der Waals surface area contributed by atoms with E-state index < -0.39 is 0 Å². The average Bonchev–Trinajstić information content (AvgIpc) is 2.89. The first-order valence-electron chi connectivity index (χ1n) is 5.93. The van der Waals surface area contributed by atoms with Crippen LogP contribution in [-0.4, -0.2) is 17.1 Å². The predicted molar refractivity (Wildman–Crippen MR) is 76.6 cm³/mol. The second kappa shape index (κ2) is 5.14. The standard InChI is InChI=1S/C13H13BrN4O/c1-19-13-17-11-7-15-6-10(11)12(18-13)16-9-4-2-8(14)3-5-9/h2-5,15H,6-7H2,1H3,(H,16,17,18). The fraction of sp³-hybridized carbons (Fsp3) is 0.231. The van der Waals surface area contributed by atoms with E-state index in [1.54, 1.807) is 7.11 Å². The lowest BCUT2D eigenvalue weighted by molar-refractivity contribution is 0.379. The van der Waals surface area contributed by atoms with Crippen LogP contribution in [0.15, 0.2) is 28.7 Å². The van der Waals surface area contributed by atoms with E-state index in [4.69, 9.17) is 4.74 Å². The number of aromatic nitrogens is 2. The minimum Gasteiger partial charge on any atom is -0.467 e. The summed E-state index contributed by atoms with van der Waals surface area (Å²) >= 11 is 3.42. The molecule has 3 rings (SSSR count). The van der Waals surface area contributed by atoms with Gasteiger partial charge in [-0.25, -0.2) is 0 Å². The van der Waals surface area contributed by atoms with Gasteiger partial charge < -0.3 is 15.4 Å². The van der Waals surface area contributed by atoms with E-state index in [0.717, 1.165) is 40.3 Å². The van der Waals surface area contributed by atoms with Gasteiger partial charge in [0.15, 0.2) is 0 Å². The Morgan fingerprint density at radius 2 is 2.00 bits per heavy atom. The number of benzene rings is 1. The molecule has 2 N–H and O–H groups in total. The van der Waals surface area contributed by atoms with Crippen molar-refractivity contribution in [2.24, 2.45) is 0 Å². The fourth-order valence-electron chi connectivity index (χ4n) is 2.01. The molecule has 0 saturated carbocycles. The average molecular weight is 321 g/mol. The van der Waals surface area contributed by atoms with Gasteiger partial charge in [-0.3, -0.25) is 0 Å². The van der Waals surface area contributed by atoms with Crippen LogP contribution in [0.3, 0.4) is 0 Å². The number of ether oxygens (including phenoxy) is 1. The minimum atomic E-state index is 0.391. The van der Waals surface area contributed by atoms with Gasteiger partial charge in [0, 0.05) is 28.8 Å². The lowest BCUT2D eigenvalue weighted by Crippen LogP contribution is -2.04. The van der Waals surface area contributed by atoms with Gasteiger partial charge in [0.2, 0.25) is 0 Å². The van der Waals surface area contributed by atoms with Crippen LogP contribution in [0.2, 0.25) is 0 Å². The SMILES string of the molecule is COc1nc2c(c(Nc3ccc(Br)cc3)n1)CNC2. The maximum Gasteiger partial charge on any atom is 0.318 e. The summed E-state index contributed by atoms with van der Waals surface area (Å²) in [6, 6.07) is 8.35. The summed E-state index contributed by atoms with van der Waals surface area (Å²) in [6.07, 6.45) is 0. The van der Waals surface area contributed by atoms with Gasteiger partial charge in [-0.05, 0) is 24.3 Å². The lowest BCUT2D eigenvalue weighted by atomic mass is 10.2. The molecule has 2 aromatic rings. The maximum atomic E-state index is 5.14. The van der Waals surface area contributed by atoms with Crippen molar-refractivity contribution in [3.05, 3.63) is 40.0 Å². The maximum absolute atomic E-state index is 5.14. The first-order chi connectivity index (χ1) is 9.26. The molecule has 2 heterocycles. The summed E-state index contributed by atoms with van der Waals surface area (Å²) < 4.78 is 6.19. The van der Waals surface area contributed by atoms with Crippen LogP contribution in [-0.2, 0) is 13.1 Å². The Labute approximate surface area is 119 Å². The Kier molecular flexibility index (Phi) is 3.35. The number of nitrogens with one attached hydrogen (secondary N) is 2. The summed E-state index contributed by atoms with van der Waals surface area (Å²) in [7, 11) is 1.58. The molecule has 98 valence electrons. The summed E-state index contributed by atoms with van der Waals surface area (Å²) in [5, 5.41) is 6.58. The minimum absolute atomic E-state index is 0.391. The molecule has 1 aromatic carbocycles. The number of anilines is 2. The first kappa shape index (κ1) is 12.4. The monoisotopic (exact) mass is 320 g/mol. The quantitative estimate of drug-likeness (QED) is 0.910. The van der Waals surface area contributed by atoms with Crippen LogP contribution in [0.4, 0.5) is 11.5 Å². The van der Waals surface area contributed by atoms with Gasteiger partial charge in [0.05, 0.1) is 12.8 Å². The smallest absolute Gasteiger partial charge is 0.318 e. The topological polar surface area (TPSA) is 59.1 Å². The number of rotatable bonds is 3. The second-order valence-corrected chi connectivity index (χ2v) is 5.14. The van der Waals surface area contributed by atoms with E-state index in [1.807, 2.05) is 24.3 Å². The molecule has 0 unspecified atom stereocenters. The highest BCUT2D eigenvalue weighted by atomic mass is 79.9. The van der Waals surface area contributed by atoms with E-state index in [-0.39, 0.29) is 0 Å². The van der Waals surface area contributed by atoms with Gasteiger partial charge in [0.25, 0.3) is 0 Å². The Bertz CT molecular complexity index is 600. The highest BCUT2D eigenvalue weighted by Crippen LogP contribution is 2.26. The summed E-state index contributed by atoms with van der Waals surface area (Å²) in [4.78, 5) is 8.73. The number of hydrogen-bond acceptors (Lipinski definition) is 5. The van der Waals surface area contributed by atoms with Crippen LogP contribution >= 0.6 is 15.9 Å². The van der Waals surface area contributed by atoms with Crippen LogP contribution in [0.25, 0.3) is 0 Å². The first-order valence-corrected chi connectivity index (χ1v) is 6.72. The normalized spacial score (nSPS) is 13.2. The lowest BCUT2D eigenvalue weighted by Gasteiger charge is -2.11. The van der Waals surface area contributed by atoms with Gasteiger partial charge >= 0.3 is 6.01 Å². The third kappa shape index (κ3) is 2.54. The summed E-state index contributed by atoms with van der Waals surface area (Å²) in [5.41, 5.74) is 3.08. The molecule has 5 nitrogen and oxygen atoms in total. The zero-order chi connectivity index (χ0) is 13.2. The van der Waals surface area contributed by atoms with Crippen molar-refractivity contribution < 1.29 is 4.74 Å². The number of hydrogen-bond donors (Lipinski definition) is 2. The van der Waals surface area contributed by atoms with Crippen molar-refractivity contribution >= 4 is 27.4 Å². The van der Waals surface area contributed by atoms with Crippen molar-refractivity contribution in [3.63, 3.8) is 0 Å². The van der Waals surface area contributed by atoms with Crippen molar-refractivity contribution in [2.75, 3.05) is 12.4 Å². The molecular formula is C13H13BrN4O. The second-order valence-electron chi connectivity index (χ2n) is 4.22. The fourth-order valence-corrected chi connectivity index (χ4v) is 2.27. The van der Waals surface area contributed by atoms with Crippen molar-refractivity contribution in [1.82, 2.24) is 15.3 Å². The number of fused-ring (bicyclic) bond motifs is 1. The molecule has 1 aliphatic rings. The van der Waals surface area contributed by atoms with Crippen LogP contribution in [0.5, 0.6) is 6.01 Å². The molecular weight excluding hydrogens is 308 g/mol. The third-order valence-corrected chi connectivity index (χ3v) is 3.48. The zero-order valence-electron chi connectivity index (χ0n) is 10.4. The van der Waals surface area contributed by atoms with Crippen molar-refractivity contribution in [2.45, 2.75) is 13.1 Å². The molecule has 0 fully saturated rings. The van der Waals surface area contributed by atoms with Gasteiger partial charge in [-0.15, -0.1) is 0 Å². The van der Waals surface area contributed by atoms with E-state index in [9.17, 15) is 0 Å². The molecule has 0 aliphatic carbocycles. The Morgan fingerprint density at radius 3 is 2.74 bits per heavy atom. The van der Waals surface area contributed by atoms with Crippen molar-refractivity contribution in [3.8, 4) is 6.01 Å². The Morgan fingerprint density at radius 1 is 1.21 bits per heavy atom. The van der Waals surface area contributed by atoms with Crippen molar-refractivity contribution in [1.29, 1.82) is 0 Å². The van der Waals surface area contributed by atoms with E-state index in [1.165, 1.54) is 0 Å². The third-order valence-electron chi connectivity index (χ3n) is 2.96. The Balaban J connectivity index is 1.95. The van der Waals surface area contributed by atoms with E-state index in [0.29, 0.717) is 6.01 Å². The number of methoxy groups -OCH3 is 1. The highest BCUT2D eigenvalue weighted by Gasteiger charge is 2.19. The summed E-state index contributed by atoms with van der Waals surface area (Å²) in [6.45, 7) is 1.53. The predicted octanol–water partition coefficient (Wildman–Crippen LogP) is 2.59. The molecule has 6 heteroatoms. The molecule has 0 spiro atoms. The van der Waals surface area contributed by atoms with E-state index >= 15 is 0 Å². The zero-order valence-corrected chi connectivity index (χ0v) is 12.0. The van der Waals surface area contributed by atoms with Crippen LogP contribution in [0.1, 0.15) is 11.3 Å². The summed E-state index contributed by atoms with van der Waals surface area (Å²) in [5.74, 6) is 0.800. The molecule has 1 aromatic heterocycles. The van der Waals surface area contributed by atoms with Crippen LogP contribution < -0.4 is 15.4 Å². The van der Waals surface area contributed by atoms with E-state index in [2.05, 4.69) is 36.5 Å². The Hall–Kier alpha value is -1.66. The molecule has 0 amide bonds. The molecule has 0 atom stereocenters. The molecule has 0 radical (unpaired) electrons. The van der Waals surface area contributed by atoms with Gasteiger partial charge in [-0.2, -0.15) is 9.97 Å². The number of halogens is 1. The van der Waals surface area contributed by atoms with Gasteiger partial charge in [-0.1, -0.05) is 15.9 Å². The molecule has 19 heavy (non-hydrogen) atoms. The molecule has 0 saturated heterocycles. The molecule has 0 bridgehead atoms. The molecule has 1 aliphatic heterocycles. The largest absolute Gasteiger partial charge is 0.467 e. The number of nitrogens with zero attached hydrogens (tertiary/aromatic N) is 2.